The fourth-order valence-electron chi connectivity index (χ4n) is 1.85. The average Bonchev–Trinajstić information content (AvgIpc) is 3.02. The summed E-state index contributed by atoms with van der Waals surface area (Å²) in [6, 6.07) is 7.84. The fourth-order valence-corrected chi connectivity index (χ4v) is 1.85. The van der Waals surface area contributed by atoms with Crippen LogP contribution in [0.15, 0.2) is 47.6 Å². The lowest BCUT2D eigenvalue weighted by molar-refractivity contribution is 0.568. The molecule has 0 spiro atoms. The molecule has 0 atom stereocenters. The van der Waals surface area contributed by atoms with Gasteiger partial charge in [0.15, 0.2) is 0 Å². The standard InChI is InChI=1S/C14H13N5O/c1-10-2-3-11(14-19-18-9-20-14)6-13(10)16-7-12-4-5-15-8-17-12/h2-6,8-9,16H,7H2,1H3. The number of aromatic nitrogens is 4. The molecular weight excluding hydrogens is 254 g/mol. The molecule has 100 valence electrons. The molecule has 2 aromatic heterocycles. The van der Waals surface area contributed by atoms with Gasteiger partial charge in [0.1, 0.15) is 6.33 Å². The number of benzene rings is 1. The van der Waals surface area contributed by atoms with E-state index in [1.54, 1.807) is 12.5 Å². The Hall–Kier alpha value is -2.76. The molecule has 0 radical (unpaired) electrons. The normalized spacial score (nSPS) is 10.4. The summed E-state index contributed by atoms with van der Waals surface area (Å²) in [7, 11) is 0. The monoisotopic (exact) mass is 267 g/mol. The first-order valence-corrected chi connectivity index (χ1v) is 6.19. The van der Waals surface area contributed by atoms with Crippen LogP contribution in [0.3, 0.4) is 0 Å². The molecule has 0 bridgehead atoms. The first-order chi connectivity index (χ1) is 9.83. The largest absolute Gasteiger partial charge is 0.423 e. The number of nitrogens with zero attached hydrogens (tertiary/aromatic N) is 4. The molecule has 0 aliphatic rings. The molecule has 0 aliphatic heterocycles. The van der Waals surface area contributed by atoms with Crippen molar-refractivity contribution in [3.63, 3.8) is 0 Å². The van der Waals surface area contributed by atoms with Crippen LogP contribution < -0.4 is 5.32 Å². The molecule has 0 saturated carbocycles. The van der Waals surface area contributed by atoms with E-state index in [-0.39, 0.29) is 0 Å². The van der Waals surface area contributed by atoms with Gasteiger partial charge < -0.3 is 9.73 Å². The predicted octanol–water partition coefficient (Wildman–Crippen LogP) is 2.45. The van der Waals surface area contributed by atoms with Crippen molar-refractivity contribution in [1.29, 1.82) is 0 Å². The quantitative estimate of drug-likeness (QED) is 0.782. The Balaban J connectivity index is 1.80. The van der Waals surface area contributed by atoms with Crippen molar-refractivity contribution >= 4 is 5.69 Å². The van der Waals surface area contributed by atoms with E-state index in [9.17, 15) is 0 Å². The van der Waals surface area contributed by atoms with Gasteiger partial charge in [-0.15, -0.1) is 10.2 Å². The number of hydrogen-bond donors (Lipinski definition) is 1. The van der Waals surface area contributed by atoms with Crippen molar-refractivity contribution in [2.45, 2.75) is 13.5 Å². The zero-order valence-electron chi connectivity index (χ0n) is 10.9. The van der Waals surface area contributed by atoms with Crippen LogP contribution >= 0.6 is 0 Å². The fraction of sp³-hybridized carbons (Fsp3) is 0.143. The molecule has 1 N–H and O–H groups in total. The second-order valence-electron chi connectivity index (χ2n) is 4.33. The smallest absolute Gasteiger partial charge is 0.247 e. The molecule has 3 aromatic rings. The van der Waals surface area contributed by atoms with Crippen LogP contribution in [0.1, 0.15) is 11.3 Å². The van der Waals surface area contributed by atoms with Gasteiger partial charge in [-0.05, 0) is 30.7 Å². The minimum atomic E-state index is 0.509. The van der Waals surface area contributed by atoms with Crippen molar-refractivity contribution in [3.05, 3.63) is 54.4 Å². The Kier molecular flexibility index (Phi) is 3.36. The summed E-state index contributed by atoms with van der Waals surface area (Å²) in [5.41, 5.74) is 3.97. The summed E-state index contributed by atoms with van der Waals surface area (Å²) in [5.74, 6) is 0.509. The summed E-state index contributed by atoms with van der Waals surface area (Å²) in [4.78, 5) is 8.08. The Morgan fingerprint density at radius 2 is 2.20 bits per heavy atom. The summed E-state index contributed by atoms with van der Waals surface area (Å²) >= 11 is 0. The van der Waals surface area contributed by atoms with Gasteiger partial charge in [0.25, 0.3) is 0 Å². The number of aryl methyl sites for hydroxylation is 1. The molecule has 20 heavy (non-hydrogen) atoms. The lowest BCUT2D eigenvalue weighted by atomic mass is 10.1. The summed E-state index contributed by atoms with van der Waals surface area (Å²) in [6.45, 7) is 2.68. The molecule has 0 unspecified atom stereocenters. The highest BCUT2D eigenvalue weighted by molar-refractivity contribution is 5.64. The third kappa shape index (κ3) is 2.64. The van der Waals surface area contributed by atoms with Gasteiger partial charge in [0.2, 0.25) is 12.3 Å². The lowest BCUT2D eigenvalue weighted by Gasteiger charge is -2.10. The Morgan fingerprint density at radius 1 is 1.25 bits per heavy atom. The Labute approximate surface area is 115 Å². The van der Waals surface area contributed by atoms with Crippen molar-refractivity contribution < 1.29 is 4.42 Å². The van der Waals surface area contributed by atoms with E-state index >= 15 is 0 Å². The van der Waals surface area contributed by atoms with Crippen LogP contribution in [0, 0.1) is 6.92 Å². The van der Waals surface area contributed by atoms with Crippen molar-refractivity contribution in [3.8, 4) is 11.5 Å². The SMILES string of the molecule is Cc1ccc(-c2nnco2)cc1NCc1ccncn1. The van der Waals surface area contributed by atoms with E-state index in [1.165, 1.54) is 6.39 Å². The predicted molar refractivity (Wildman–Crippen MR) is 73.8 cm³/mol. The van der Waals surface area contributed by atoms with Crippen LogP contribution in [0.2, 0.25) is 0 Å². The lowest BCUT2D eigenvalue weighted by Crippen LogP contribution is -2.03. The average molecular weight is 267 g/mol. The minimum Gasteiger partial charge on any atom is -0.423 e. The zero-order chi connectivity index (χ0) is 13.8. The van der Waals surface area contributed by atoms with Crippen LogP contribution in [0.5, 0.6) is 0 Å². The van der Waals surface area contributed by atoms with Gasteiger partial charge >= 0.3 is 0 Å². The van der Waals surface area contributed by atoms with E-state index in [4.69, 9.17) is 4.42 Å². The highest BCUT2D eigenvalue weighted by Gasteiger charge is 2.06. The second-order valence-corrected chi connectivity index (χ2v) is 4.33. The molecule has 3 rings (SSSR count). The van der Waals surface area contributed by atoms with E-state index in [2.05, 4.69) is 25.5 Å². The van der Waals surface area contributed by atoms with Crippen LogP contribution in [-0.4, -0.2) is 20.2 Å². The summed E-state index contributed by atoms with van der Waals surface area (Å²) < 4.78 is 5.21. The second kappa shape index (κ2) is 5.48. The number of hydrogen-bond acceptors (Lipinski definition) is 6. The first-order valence-electron chi connectivity index (χ1n) is 6.19. The van der Waals surface area contributed by atoms with Gasteiger partial charge in [0.05, 0.1) is 12.2 Å². The first kappa shape index (κ1) is 12.3. The number of rotatable bonds is 4. The van der Waals surface area contributed by atoms with Crippen LogP contribution in [0.25, 0.3) is 11.5 Å². The summed E-state index contributed by atoms with van der Waals surface area (Å²) in [5, 5.41) is 11.0. The van der Waals surface area contributed by atoms with E-state index in [1.807, 2.05) is 31.2 Å². The van der Waals surface area contributed by atoms with Gasteiger partial charge in [-0.2, -0.15) is 0 Å². The molecule has 2 heterocycles. The third-order valence-corrected chi connectivity index (χ3v) is 2.95. The van der Waals surface area contributed by atoms with Gasteiger partial charge in [-0.3, -0.25) is 0 Å². The Morgan fingerprint density at radius 3 is 2.95 bits per heavy atom. The third-order valence-electron chi connectivity index (χ3n) is 2.95. The topological polar surface area (TPSA) is 76.7 Å². The minimum absolute atomic E-state index is 0.509. The molecular formula is C14H13N5O. The molecule has 0 saturated heterocycles. The van der Waals surface area contributed by atoms with Crippen LogP contribution in [0.4, 0.5) is 5.69 Å². The maximum atomic E-state index is 5.21. The van der Waals surface area contributed by atoms with Crippen molar-refractivity contribution in [1.82, 2.24) is 20.2 Å². The number of nitrogens with one attached hydrogen (secondary N) is 1. The van der Waals surface area contributed by atoms with Crippen molar-refractivity contribution in [2.24, 2.45) is 0 Å². The maximum absolute atomic E-state index is 5.21. The van der Waals surface area contributed by atoms with Gasteiger partial charge in [-0.25, -0.2) is 9.97 Å². The van der Waals surface area contributed by atoms with E-state index in [0.29, 0.717) is 12.4 Å². The van der Waals surface area contributed by atoms with Crippen molar-refractivity contribution in [2.75, 3.05) is 5.32 Å². The van der Waals surface area contributed by atoms with Gasteiger partial charge in [0, 0.05) is 17.4 Å². The highest BCUT2D eigenvalue weighted by atomic mass is 16.4. The molecule has 0 amide bonds. The molecule has 6 nitrogen and oxygen atoms in total. The molecule has 6 heteroatoms. The maximum Gasteiger partial charge on any atom is 0.247 e. The zero-order valence-corrected chi connectivity index (χ0v) is 10.9. The Bertz CT molecular complexity index is 682. The number of anilines is 1. The van der Waals surface area contributed by atoms with Gasteiger partial charge in [-0.1, -0.05) is 6.07 Å². The molecule has 0 aliphatic carbocycles. The van der Waals surface area contributed by atoms with Crippen LogP contribution in [-0.2, 0) is 6.54 Å². The molecule has 1 aromatic carbocycles. The van der Waals surface area contributed by atoms with E-state index in [0.717, 1.165) is 22.5 Å². The summed E-state index contributed by atoms with van der Waals surface area (Å²) in [6.07, 6.45) is 4.59. The molecule has 0 fully saturated rings. The van der Waals surface area contributed by atoms with E-state index < -0.39 is 0 Å². The highest BCUT2D eigenvalue weighted by Crippen LogP contribution is 2.24.